The summed E-state index contributed by atoms with van der Waals surface area (Å²) in [5.41, 5.74) is 5.89. The Bertz CT molecular complexity index is 99.1. The lowest BCUT2D eigenvalue weighted by Crippen LogP contribution is -1.97. The van der Waals surface area contributed by atoms with Crippen LogP contribution in [0.5, 0.6) is 0 Å². The number of unbranched alkanes of at least 4 members (excludes halogenated alkanes) is 7. The Kier molecular flexibility index (Phi) is 14.9. The van der Waals surface area contributed by atoms with Crippen LogP contribution < -0.4 is 5.73 Å². The highest BCUT2D eigenvalue weighted by molar-refractivity contribution is 4.47. The maximum Gasteiger partial charge on any atom is -0.00773 e. The maximum atomic E-state index is 5.39. The van der Waals surface area contributed by atoms with Gasteiger partial charge in [-0.15, -0.1) is 0 Å². The lowest BCUT2D eigenvalue weighted by molar-refractivity contribution is 0.469. The van der Waals surface area contributed by atoms with Crippen LogP contribution in [0.4, 0.5) is 0 Å². The summed E-state index contributed by atoms with van der Waals surface area (Å²) in [5.74, 6) is 0. The zero-order valence-corrected chi connectivity index (χ0v) is 12.4. The van der Waals surface area contributed by atoms with Crippen LogP contribution in [0.2, 0.25) is 0 Å². The monoisotopic (exact) mass is 229 g/mol. The molecule has 0 saturated heterocycles. The zero-order valence-electron chi connectivity index (χ0n) is 12.4. The van der Waals surface area contributed by atoms with Crippen LogP contribution in [0, 0.1) is 5.41 Å². The molecule has 0 rings (SSSR count). The number of nitrogens with two attached hydrogens (primary N) is 1. The third kappa shape index (κ3) is 37.0. The molecule has 2 N–H and O–H groups in total. The average Bonchev–Trinajstić information content (AvgIpc) is 2.14. The first-order chi connectivity index (χ1) is 7.41. The Balaban J connectivity index is 0. The van der Waals surface area contributed by atoms with Gasteiger partial charge in [-0.05, 0) is 18.4 Å². The predicted octanol–water partition coefficient (Wildman–Crippen LogP) is 5.14. The Morgan fingerprint density at radius 3 is 1.31 bits per heavy atom. The standard InChI is InChI=1S/C10H23N.C5H12/c1-2-3-4-5-6-7-8-9-10-11;1-5(2,3)4/h2-11H2,1H3;1-4H3. The van der Waals surface area contributed by atoms with Gasteiger partial charge in [0, 0.05) is 0 Å². The molecule has 0 aromatic heterocycles. The lowest BCUT2D eigenvalue weighted by Gasteiger charge is -2.05. The van der Waals surface area contributed by atoms with Gasteiger partial charge in [0.05, 0.1) is 0 Å². The van der Waals surface area contributed by atoms with E-state index in [9.17, 15) is 0 Å². The minimum Gasteiger partial charge on any atom is -0.330 e. The van der Waals surface area contributed by atoms with E-state index >= 15 is 0 Å². The van der Waals surface area contributed by atoms with Crippen LogP contribution in [-0.2, 0) is 0 Å². The molecular formula is C15H35N. The van der Waals surface area contributed by atoms with Gasteiger partial charge in [0.1, 0.15) is 0 Å². The van der Waals surface area contributed by atoms with Crippen LogP contribution in [0.15, 0.2) is 0 Å². The van der Waals surface area contributed by atoms with E-state index in [1.54, 1.807) is 0 Å². The molecule has 0 bridgehead atoms. The summed E-state index contributed by atoms with van der Waals surface area (Å²) in [6.07, 6.45) is 11.0. The molecule has 100 valence electrons. The Morgan fingerprint density at radius 1 is 0.688 bits per heavy atom. The van der Waals surface area contributed by atoms with E-state index in [-0.39, 0.29) is 0 Å². The normalized spacial score (nSPS) is 10.9. The first-order valence-electron chi connectivity index (χ1n) is 7.12. The molecule has 0 aliphatic rings. The molecule has 0 spiro atoms. The van der Waals surface area contributed by atoms with Crippen molar-refractivity contribution in [3.63, 3.8) is 0 Å². The minimum atomic E-state index is 0.500. The fraction of sp³-hybridized carbons (Fsp3) is 1.00. The molecule has 0 aromatic carbocycles. The summed E-state index contributed by atoms with van der Waals surface area (Å²) >= 11 is 0. The fourth-order valence-corrected chi connectivity index (χ4v) is 1.28. The molecule has 0 aliphatic carbocycles. The van der Waals surface area contributed by atoms with Gasteiger partial charge in [0.25, 0.3) is 0 Å². The third-order valence-electron chi connectivity index (χ3n) is 2.06. The SMILES string of the molecule is CC(C)(C)C.CCCCCCCCCCN. The van der Waals surface area contributed by atoms with Gasteiger partial charge >= 0.3 is 0 Å². The molecule has 0 aromatic rings. The van der Waals surface area contributed by atoms with Gasteiger partial charge in [-0.3, -0.25) is 0 Å². The molecule has 0 fully saturated rings. The van der Waals surface area contributed by atoms with Gasteiger partial charge in [0.2, 0.25) is 0 Å². The third-order valence-corrected chi connectivity index (χ3v) is 2.06. The highest BCUT2D eigenvalue weighted by atomic mass is 14.5. The molecule has 0 saturated carbocycles. The largest absolute Gasteiger partial charge is 0.330 e. The lowest BCUT2D eigenvalue weighted by atomic mass is 10.0. The second-order valence-corrected chi connectivity index (χ2v) is 6.26. The van der Waals surface area contributed by atoms with Gasteiger partial charge in [-0.1, -0.05) is 79.6 Å². The van der Waals surface area contributed by atoms with E-state index in [1.807, 2.05) is 0 Å². The van der Waals surface area contributed by atoms with E-state index in [0.717, 1.165) is 6.54 Å². The summed E-state index contributed by atoms with van der Waals surface area (Å²) in [5, 5.41) is 0. The molecule has 0 amide bonds. The molecule has 0 atom stereocenters. The number of hydrogen-bond donors (Lipinski definition) is 1. The van der Waals surface area contributed by atoms with E-state index in [4.69, 9.17) is 5.73 Å². The second-order valence-electron chi connectivity index (χ2n) is 6.26. The highest BCUT2D eigenvalue weighted by Gasteiger charge is 1.95. The second kappa shape index (κ2) is 13.0. The van der Waals surface area contributed by atoms with E-state index < -0.39 is 0 Å². The van der Waals surface area contributed by atoms with Crippen LogP contribution in [0.1, 0.15) is 86.0 Å². The summed E-state index contributed by atoms with van der Waals surface area (Å²) in [7, 11) is 0. The van der Waals surface area contributed by atoms with Crippen molar-refractivity contribution in [2.24, 2.45) is 11.1 Å². The Morgan fingerprint density at radius 2 is 1.00 bits per heavy atom. The smallest absolute Gasteiger partial charge is 0.00773 e. The first-order valence-corrected chi connectivity index (χ1v) is 7.12. The van der Waals surface area contributed by atoms with Crippen LogP contribution in [0.3, 0.4) is 0 Å². The Hall–Kier alpha value is -0.0400. The van der Waals surface area contributed by atoms with Crippen LogP contribution >= 0.6 is 0 Å². The molecule has 0 heterocycles. The Labute approximate surface area is 104 Å². The van der Waals surface area contributed by atoms with Crippen molar-refractivity contribution >= 4 is 0 Å². The molecule has 0 aliphatic heterocycles. The van der Waals surface area contributed by atoms with E-state index in [1.165, 1.54) is 51.4 Å². The van der Waals surface area contributed by atoms with Gasteiger partial charge < -0.3 is 5.73 Å². The van der Waals surface area contributed by atoms with Crippen molar-refractivity contribution < 1.29 is 0 Å². The molecule has 16 heavy (non-hydrogen) atoms. The molecule has 0 unspecified atom stereocenters. The van der Waals surface area contributed by atoms with E-state index in [2.05, 4.69) is 34.6 Å². The minimum absolute atomic E-state index is 0.500. The maximum absolute atomic E-state index is 5.39. The van der Waals surface area contributed by atoms with Gasteiger partial charge in [0.15, 0.2) is 0 Å². The van der Waals surface area contributed by atoms with Crippen LogP contribution in [0.25, 0.3) is 0 Å². The fourth-order valence-electron chi connectivity index (χ4n) is 1.28. The van der Waals surface area contributed by atoms with Gasteiger partial charge in [-0.25, -0.2) is 0 Å². The topological polar surface area (TPSA) is 26.0 Å². The van der Waals surface area contributed by atoms with Crippen molar-refractivity contribution in [3.05, 3.63) is 0 Å². The highest BCUT2D eigenvalue weighted by Crippen LogP contribution is 2.08. The summed E-state index contributed by atoms with van der Waals surface area (Å²) in [4.78, 5) is 0. The molecular weight excluding hydrogens is 194 g/mol. The average molecular weight is 229 g/mol. The first kappa shape index (κ1) is 18.3. The molecule has 1 heteroatoms. The quantitative estimate of drug-likeness (QED) is 0.573. The van der Waals surface area contributed by atoms with Gasteiger partial charge in [-0.2, -0.15) is 0 Å². The van der Waals surface area contributed by atoms with E-state index in [0.29, 0.717) is 5.41 Å². The summed E-state index contributed by atoms with van der Waals surface area (Å²) in [6.45, 7) is 11.9. The van der Waals surface area contributed by atoms with Crippen molar-refractivity contribution in [2.45, 2.75) is 86.0 Å². The van der Waals surface area contributed by atoms with Crippen molar-refractivity contribution in [3.8, 4) is 0 Å². The summed E-state index contributed by atoms with van der Waals surface area (Å²) in [6, 6.07) is 0. The van der Waals surface area contributed by atoms with Crippen molar-refractivity contribution in [1.82, 2.24) is 0 Å². The molecule has 0 radical (unpaired) electrons. The molecule has 1 nitrogen and oxygen atoms in total. The van der Waals surface area contributed by atoms with Crippen molar-refractivity contribution in [1.29, 1.82) is 0 Å². The zero-order chi connectivity index (χ0) is 12.9. The van der Waals surface area contributed by atoms with Crippen molar-refractivity contribution in [2.75, 3.05) is 6.54 Å². The number of hydrogen-bond acceptors (Lipinski definition) is 1. The number of rotatable bonds is 8. The van der Waals surface area contributed by atoms with Crippen LogP contribution in [-0.4, -0.2) is 6.54 Å². The summed E-state index contributed by atoms with van der Waals surface area (Å²) < 4.78 is 0. The predicted molar refractivity (Wildman–Crippen MR) is 76.8 cm³/mol.